The fourth-order valence-electron chi connectivity index (χ4n) is 4.80. The summed E-state index contributed by atoms with van der Waals surface area (Å²) in [5.41, 5.74) is 2.01. The van der Waals surface area contributed by atoms with Gasteiger partial charge in [-0.25, -0.2) is 4.98 Å². The van der Waals surface area contributed by atoms with Gasteiger partial charge in [0.05, 0.1) is 23.4 Å². The van der Waals surface area contributed by atoms with Gasteiger partial charge in [-0.05, 0) is 92.5 Å². The van der Waals surface area contributed by atoms with Crippen LogP contribution < -0.4 is 9.47 Å². The average Bonchev–Trinajstić information content (AvgIpc) is 3.52. The molecule has 0 unspecified atom stereocenters. The first kappa shape index (κ1) is 37.3. The molecule has 0 aliphatic carbocycles. The van der Waals surface area contributed by atoms with Crippen molar-refractivity contribution in [1.82, 2.24) is 4.98 Å². The molecule has 8 heteroatoms. The number of thiazole rings is 1. The van der Waals surface area contributed by atoms with Crippen LogP contribution in [0, 0.1) is 0 Å². The van der Waals surface area contributed by atoms with Crippen molar-refractivity contribution in [2.45, 2.75) is 89.3 Å². The number of carbonyl (C=O) groups is 2. The molecule has 0 saturated heterocycles. The van der Waals surface area contributed by atoms with Gasteiger partial charge in [-0.1, -0.05) is 64.8 Å². The lowest BCUT2D eigenvalue weighted by Crippen LogP contribution is -2.12. The number of hydrogen-bond acceptors (Lipinski definition) is 8. The molecule has 0 saturated carbocycles. The van der Waals surface area contributed by atoms with E-state index in [-0.39, 0.29) is 11.9 Å². The van der Waals surface area contributed by atoms with Crippen molar-refractivity contribution in [2.75, 3.05) is 13.2 Å². The molecule has 7 nitrogen and oxygen atoms in total. The summed E-state index contributed by atoms with van der Waals surface area (Å²) in [5.74, 6) is 1.29. The predicted molar refractivity (Wildman–Crippen MR) is 192 cm³/mol. The van der Waals surface area contributed by atoms with E-state index in [1.165, 1.54) is 0 Å². The van der Waals surface area contributed by atoms with Crippen LogP contribution in [0.25, 0.3) is 20.8 Å². The van der Waals surface area contributed by atoms with Gasteiger partial charge in [0.1, 0.15) is 28.7 Å². The highest BCUT2D eigenvalue weighted by Gasteiger charge is 2.10. The molecule has 0 aliphatic rings. The molecule has 0 aliphatic heterocycles. The number of esters is 2. The number of ether oxygens (including phenoxy) is 4. The summed E-state index contributed by atoms with van der Waals surface area (Å²) >= 11 is 1.65. The van der Waals surface area contributed by atoms with E-state index in [1.807, 2.05) is 24.3 Å². The summed E-state index contributed by atoms with van der Waals surface area (Å²) < 4.78 is 23.5. The first-order valence-corrected chi connectivity index (χ1v) is 17.4. The molecule has 3 rings (SSSR count). The molecule has 0 atom stereocenters. The van der Waals surface area contributed by atoms with Gasteiger partial charge in [-0.2, -0.15) is 0 Å². The Kier molecular flexibility index (Phi) is 17.1. The zero-order chi connectivity index (χ0) is 33.7. The molecule has 0 amide bonds. The van der Waals surface area contributed by atoms with Crippen LogP contribution in [0.4, 0.5) is 0 Å². The number of rotatable bonds is 25. The molecular weight excluding hydrogens is 610 g/mol. The van der Waals surface area contributed by atoms with Gasteiger partial charge in [-0.3, -0.25) is 9.59 Å². The fraction of sp³-hybridized carbons (Fsp3) is 0.410. The highest BCUT2D eigenvalue weighted by atomic mass is 32.1. The minimum atomic E-state index is -0.409. The van der Waals surface area contributed by atoms with Crippen LogP contribution in [0.5, 0.6) is 11.5 Å². The lowest BCUT2D eigenvalue weighted by Gasteiger charge is -2.09. The third-order valence-electron chi connectivity index (χ3n) is 7.51. The van der Waals surface area contributed by atoms with Crippen molar-refractivity contribution in [1.29, 1.82) is 0 Å². The Hall–Kier alpha value is -4.17. The van der Waals surface area contributed by atoms with E-state index < -0.39 is 12.2 Å². The smallest absolute Gasteiger partial charge is 0.306 e. The van der Waals surface area contributed by atoms with Crippen LogP contribution >= 0.6 is 11.3 Å². The number of hydrogen-bond donors (Lipinski definition) is 0. The van der Waals surface area contributed by atoms with Gasteiger partial charge < -0.3 is 18.9 Å². The van der Waals surface area contributed by atoms with Crippen LogP contribution in [0.15, 0.2) is 93.1 Å². The van der Waals surface area contributed by atoms with Crippen LogP contribution in [0.1, 0.15) is 77.0 Å². The normalized spacial score (nSPS) is 10.9. The van der Waals surface area contributed by atoms with Crippen molar-refractivity contribution in [3.8, 4) is 22.1 Å². The average molecular weight is 660 g/mol. The number of benzene rings is 2. The third-order valence-corrected chi connectivity index (χ3v) is 8.58. The first-order valence-electron chi connectivity index (χ1n) is 16.6. The number of nitrogens with zero attached hydrogens (tertiary/aromatic N) is 1. The molecule has 1 heterocycles. The van der Waals surface area contributed by atoms with Gasteiger partial charge in [0, 0.05) is 18.4 Å². The molecule has 47 heavy (non-hydrogen) atoms. The van der Waals surface area contributed by atoms with Gasteiger partial charge in [0.25, 0.3) is 0 Å². The summed E-state index contributed by atoms with van der Waals surface area (Å²) in [7, 11) is 0. The Bertz CT molecular complexity index is 1410. The van der Waals surface area contributed by atoms with Gasteiger partial charge >= 0.3 is 11.9 Å². The molecule has 0 spiro atoms. The van der Waals surface area contributed by atoms with E-state index >= 15 is 0 Å². The van der Waals surface area contributed by atoms with E-state index in [0.29, 0.717) is 26.1 Å². The maximum absolute atomic E-state index is 11.8. The Morgan fingerprint density at radius 3 is 1.64 bits per heavy atom. The standard InChI is InChI=1S/C39H49NO6S/c1-5-31(6-2)45-37(41)19-15-11-9-13-17-27-43-33-23-21-30(22-24-33)39-40-35-26-25-34(29-36(35)47-39)44-28-18-14-10-12-16-20-38(42)46-32(7-3)8-4/h5-8,21-26,29,31-32H,1-4,9-20,27-28H2. The van der Waals surface area contributed by atoms with Crippen LogP contribution in [0.2, 0.25) is 0 Å². The quantitative estimate of drug-likeness (QED) is 0.0508. The highest BCUT2D eigenvalue weighted by Crippen LogP contribution is 2.33. The number of carbonyl (C=O) groups excluding carboxylic acids is 2. The maximum atomic E-state index is 11.8. The topological polar surface area (TPSA) is 84.0 Å². The minimum Gasteiger partial charge on any atom is -0.494 e. The van der Waals surface area contributed by atoms with Gasteiger partial charge in [-0.15, -0.1) is 11.3 Å². The Morgan fingerprint density at radius 1 is 0.638 bits per heavy atom. The van der Waals surface area contributed by atoms with Crippen LogP contribution in [-0.4, -0.2) is 42.3 Å². The van der Waals surface area contributed by atoms with E-state index in [1.54, 1.807) is 35.6 Å². The summed E-state index contributed by atoms with van der Waals surface area (Å²) in [6, 6.07) is 14.1. The summed E-state index contributed by atoms with van der Waals surface area (Å²) in [5, 5.41) is 0.963. The lowest BCUT2D eigenvalue weighted by molar-refractivity contribution is -0.146. The zero-order valence-electron chi connectivity index (χ0n) is 27.5. The van der Waals surface area contributed by atoms with Crippen LogP contribution in [-0.2, 0) is 19.1 Å². The second kappa shape index (κ2) is 21.6. The monoisotopic (exact) mass is 659 g/mol. The number of unbranched alkanes of at least 4 members (excludes halogenated alkanes) is 8. The predicted octanol–water partition coefficient (Wildman–Crippen LogP) is 9.97. The number of fused-ring (bicyclic) bond motifs is 1. The van der Waals surface area contributed by atoms with E-state index in [4.69, 9.17) is 23.9 Å². The second-order valence-electron chi connectivity index (χ2n) is 11.3. The van der Waals surface area contributed by atoms with Crippen molar-refractivity contribution in [3.05, 3.63) is 93.1 Å². The summed E-state index contributed by atoms with van der Waals surface area (Å²) in [6.07, 6.45) is 16.0. The van der Waals surface area contributed by atoms with E-state index in [0.717, 1.165) is 96.5 Å². The lowest BCUT2D eigenvalue weighted by atomic mass is 10.1. The van der Waals surface area contributed by atoms with E-state index in [9.17, 15) is 9.59 Å². The van der Waals surface area contributed by atoms with Crippen molar-refractivity contribution in [3.63, 3.8) is 0 Å². The summed E-state index contributed by atoms with van der Waals surface area (Å²) in [4.78, 5) is 28.4. The number of aromatic nitrogens is 1. The molecule has 3 aromatic rings. The second-order valence-corrected chi connectivity index (χ2v) is 12.3. The SMILES string of the molecule is C=CC(C=C)OC(=O)CCCCCCCOc1ccc(-c2nc3ccc(OCCCCCCCC(=O)OC(C=C)C=C)cc3s2)cc1. The van der Waals surface area contributed by atoms with Crippen LogP contribution in [0.3, 0.4) is 0 Å². The molecule has 0 bridgehead atoms. The summed E-state index contributed by atoms with van der Waals surface area (Å²) in [6.45, 7) is 15.8. The third kappa shape index (κ3) is 14.0. The molecule has 252 valence electrons. The maximum Gasteiger partial charge on any atom is 0.306 e. The van der Waals surface area contributed by atoms with Gasteiger partial charge in [0.15, 0.2) is 0 Å². The molecule has 1 aromatic heterocycles. The molecule has 0 fully saturated rings. The molecular formula is C39H49NO6S. The zero-order valence-corrected chi connectivity index (χ0v) is 28.4. The van der Waals surface area contributed by atoms with Crippen molar-refractivity contribution in [2.24, 2.45) is 0 Å². The van der Waals surface area contributed by atoms with Crippen molar-refractivity contribution >= 4 is 33.5 Å². The Morgan fingerprint density at radius 2 is 1.11 bits per heavy atom. The Balaban J connectivity index is 1.29. The Labute approximate surface area is 284 Å². The first-order chi connectivity index (χ1) is 22.9. The highest BCUT2D eigenvalue weighted by molar-refractivity contribution is 7.21. The fourth-order valence-corrected chi connectivity index (χ4v) is 5.80. The molecule has 0 N–H and O–H groups in total. The van der Waals surface area contributed by atoms with Gasteiger partial charge in [0.2, 0.25) is 0 Å². The largest absolute Gasteiger partial charge is 0.494 e. The molecule has 0 radical (unpaired) electrons. The van der Waals surface area contributed by atoms with E-state index in [2.05, 4.69) is 44.5 Å². The molecule has 2 aromatic carbocycles. The minimum absolute atomic E-state index is 0.206. The van der Waals surface area contributed by atoms with Crippen molar-refractivity contribution < 1.29 is 28.5 Å².